The van der Waals surface area contributed by atoms with E-state index in [4.69, 9.17) is 0 Å². The normalized spacial score (nSPS) is 11.1. The molecule has 0 bridgehead atoms. The molecule has 0 aromatic heterocycles. The maximum atomic E-state index is 4.57. The van der Waals surface area contributed by atoms with Crippen LogP contribution in [0.4, 0.5) is 0 Å². The number of hydrogen-bond donors (Lipinski definition) is 2. The van der Waals surface area contributed by atoms with Crippen LogP contribution in [0.15, 0.2) is 33.7 Å². The fraction of sp³-hybridized carbons (Fsp3) is 0.500. The Kier molecular flexibility index (Phi) is 10.3. The zero-order chi connectivity index (χ0) is 13.4. The van der Waals surface area contributed by atoms with Crippen LogP contribution in [-0.4, -0.2) is 19.0 Å². The van der Waals surface area contributed by atoms with Gasteiger partial charge in [0.25, 0.3) is 0 Å². The van der Waals surface area contributed by atoms with Crippen LogP contribution in [0.3, 0.4) is 0 Å². The zero-order valence-corrected chi connectivity index (χ0v) is 15.7. The highest BCUT2D eigenvalue weighted by molar-refractivity contribution is 14.0. The van der Waals surface area contributed by atoms with Gasteiger partial charge in [-0.15, -0.1) is 24.0 Å². The highest BCUT2D eigenvalue weighted by Crippen LogP contribution is 2.12. The summed E-state index contributed by atoms with van der Waals surface area (Å²) in [6.45, 7) is 8.95. The van der Waals surface area contributed by atoms with Gasteiger partial charge in [0.15, 0.2) is 5.96 Å². The van der Waals surface area contributed by atoms with Crippen molar-refractivity contribution < 1.29 is 0 Å². The van der Waals surface area contributed by atoms with Gasteiger partial charge < -0.3 is 10.6 Å². The molecule has 19 heavy (non-hydrogen) atoms. The molecule has 0 spiro atoms. The monoisotopic (exact) mass is 439 g/mol. The van der Waals surface area contributed by atoms with Crippen molar-refractivity contribution in [2.24, 2.45) is 10.9 Å². The molecule has 108 valence electrons. The molecule has 0 aliphatic rings. The molecule has 1 aromatic rings. The average Bonchev–Trinajstić information content (AvgIpc) is 2.32. The first-order chi connectivity index (χ1) is 8.61. The third-order valence-corrected chi connectivity index (χ3v) is 2.82. The molecule has 5 heteroatoms. The van der Waals surface area contributed by atoms with Crippen LogP contribution in [-0.2, 0) is 6.54 Å². The van der Waals surface area contributed by atoms with Crippen LogP contribution in [0.2, 0.25) is 0 Å². The van der Waals surface area contributed by atoms with Gasteiger partial charge in [0, 0.05) is 17.6 Å². The summed E-state index contributed by atoms with van der Waals surface area (Å²) in [7, 11) is 0. The van der Waals surface area contributed by atoms with Crippen molar-refractivity contribution in [3.8, 4) is 0 Å². The molecule has 0 unspecified atom stereocenters. The fourth-order valence-corrected chi connectivity index (χ4v) is 1.89. The Morgan fingerprint density at radius 1 is 1.32 bits per heavy atom. The van der Waals surface area contributed by atoms with Gasteiger partial charge in [-0.2, -0.15) is 0 Å². The second-order valence-electron chi connectivity index (χ2n) is 4.60. The van der Waals surface area contributed by atoms with Gasteiger partial charge in [-0.05, 0) is 30.5 Å². The van der Waals surface area contributed by atoms with Crippen molar-refractivity contribution in [2.45, 2.75) is 27.3 Å². The first kappa shape index (κ1) is 18.7. The maximum absolute atomic E-state index is 4.57. The maximum Gasteiger partial charge on any atom is 0.191 e. The Labute approximate surface area is 141 Å². The Balaban J connectivity index is 0.00000324. The van der Waals surface area contributed by atoms with E-state index in [1.807, 2.05) is 12.1 Å². The molecular weight excluding hydrogens is 417 g/mol. The lowest BCUT2D eigenvalue weighted by atomic mass is 10.2. The zero-order valence-electron chi connectivity index (χ0n) is 11.7. The number of hydrogen-bond acceptors (Lipinski definition) is 1. The van der Waals surface area contributed by atoms with Gasteiger partial charge in [0.1, 0.15) is 0 Å². The van der Waals surface area contributed by atoms with E-state index in [2.05, 4.69) is 64.5 Å². The Hall–Kier alpha value is -0.300. The highest BCUT2D eigenvalue weighted by Gasteiger charge is 1.99. The van der Waals surface area contributed by atoms with E-state index in [9.17, 15) is 0 Å². The van der Waals surface area contributed by atoms with E-state index in [0.717, 1.165) is 23.5 Å². The van der Waals surface area contributed by atoms with Crippen molar-refractivity contribution in [3.63, 3.8) is 0 Å². The van der Waals surface area contributed by atoms with E-state index in [1.165, 1.54) is 5.56 Å². The minimum atomic E-state index is 0. The van der Waals surface area contributed by atoms with Crippen molar-refractivity contribution in [2.75, 3.05) is 13.1 Å². The van der Waals surface area contributed by atoms with Crippen molar-refractivity contribution >= 4 is 45.9 Å². The average molecular weight is 440 g/mol. The number of nitrogens with one attached hydrogen (secondary N) is 2. The topological polar surface area (TPSA) is 36.4 Å². The van der Waals surface area contributed by atoms with Crippen molar-refractivity contribution in [1.29, 1.82) is 0 Å². The van der Waals surface area contributed by atoms with Gasteiger partial charge in [-0.3, -0.25) is 0 Å². The largest absolute Gasteiger partial charge is 0.357 e. The van der Waals surface area contributed by atoms with E-state index < -0.39 is 0 Å². The molecular formula is C14H23BrIN3. The summed E-state index contributed by atoms with van der Waals surface area (Å²) in [6, 6.07) is 8.23. The third-order valence-electron chi connectivity index (χ3n) is 2.33. The van der Waals surface area contributed by atoms with Gasteiger partial charge in [0.05, 0.1) is 6.54 Å². The molecule has 0 aliphatic heterocycles. The quantitative estimate of drug-likeness (QED) is 0.416. The SMILES string of the molecule is CCNC(=NCc1cccc(Br)c1)NCC(C)C.I. The summed E-state index contributed by atoms with van der Waals surface area (Å²) in [6.07, 6.45) is 0. The number of benzene rings is 1. The predicted molar refractivity (Wildman–Crippen MR) is 97.2 cm³/mol. The number of aliphatic imine (C=N–C) groups is 1. The molecule has 3 nitrogen and oxygen atoms in total. The molecule has 0 heterocycles. The van der Waals surface area contributed by atoms with Crippen LogP contribution in [0.25, 0.3) is 0 Å². The molecule has 0 aliphatic carbocycles. The molecule has 0 fully saturated rings. The second-order valence-corrected chi connectivity index (χ2v) is 5.52. The third kappa shape index (κ3) is 8.47. The van der Waals surface area contributed by atoms with Crippen LogP contribution < -0.4 is 10.6 Å². The highest BCUT2D eigenvalue weighted by atomic mass is 127. The molecule has 0 saturated carbocycles. The van der Waals surface area contributed by atoms with Crippen LogP contribution in [0.5, 0.6) is 0 Å². The van der Waals surface area contributed by atoms with Crippen LogP contribution >= 0.6 is 39.9 Å². The van der Waals surface area contributed by atoms with Gasteiger partial charge in [0.2, 0.25) is 0 Å². The van der Waals surface area contributed by atoms with Gasteiger partial charge in [-0.25, -0.2) is 4.99 Å². The second kappa shape index (κ2) is 10.5. The molecule has 0 atom stereocenters. The van der Waals surface area contributed by atoms with Gasteiger partial charge >= 0.3 is 0 Å². The predicted octanol–water partition coefficient (Wildman–Crippen LogP) is 3.78. The molecule has 2 N–H and O–H groups in total. The van der Waals surface area contributed by atoms with E-state index in [0.29, 0.717) is 12.5 Å². The lowest BCUT2D eigenvalue weighted by Crippen LogP contribution is -2.39. The summed E-state index contributed by atoms with van der Waals surface area (Å²) < 4.78 is 1.09. The van der Waals surface area contributed by atoms with Gasteiger partial charge in [-0.1, -0.05) is 41.9 Å². The number of halogens is 2. The van der Waals surface area contributed by atoms with Crippen LogP contribution in [0, 0.1) is 5.92 Å². The Morgan fingerprint density at radius 2 is 2.05 bits per heavy atom. The molecule has 0 radical (unpaired) electrons. The lowest BCUT2D eigenvalue weighted by Gasteiger charge is -2.12. The first-order valence-electron chi connectivity index (χ1n) is 6.38. The van der Waals surface area contributed by atoms with Crippen molar-refractivity contribution in [1.82, 2.24) is 10.6 Å². The minimum absolute atomic E-state index is 0. The molecule has 1 aromatic carbocycles. The summed E-state index contributed by atoms with van der Waals surface area (Å²) >= 11 is 3.47. The lowest BCUT2D eigenvalue weighted by molar-refractivity contribution is 0.615. The minimum Gasteiger partial charge on any atom is -0.357 e. The summed E-state index contributed by atoms with van der Waals surface area (Å²) in [5.41, 5.74) is 1.20. The molecule has 0 saturated heterocycles. The van der Waals surface area contributed by atoms with E-state index in [1.54, 1.807) is 0 Å². The fourth-order valence-electron chi connectivity index (χ4n) is 1.45. The number of nitrogens with zero attached hydrogens (tertiary/aromatic N) is 1. The number of rotatable bonds is 5. The Morgan fingerprint density at radius 3 is 2.63 bits per heavy atom. The standard InChI is InChI=1S/C14H22BrN3.HI/c1-4-16-14(17-9-11(2)3)18-10-12-6-5-7-13(15)8-12;/h5-8,11H,4,9-10H2,1-3H3,(H2,16,17,18);1H. The van der Waals surface area contributed by atoms with Crippen LogP contribution in [0.1, 0.15) is 26.3 Å². The smallest absolute Gasteiger partial charge is 0.191 e. The molecule has 0 amide bonds. The van der Waals surface area contributed by atoms with E-state index in [-0.39, 0.29) is 24.0 Å². The summed E-state index contributed by atoms with van der Waals surface area (Å²) in [4.78, 5) is 4.57. The summed E-state index contributed by atoms with van der Waals surface area (Å²) in [5, 5.41) is 6.58. The first-order valence-corrected chi connectivity index (χ1v) is 7.17. The Bertz CT molecular complexity index is 394. The molecule has 1 rings (SSSR count). The van der Waals surface area contributed by atoms with E-state index >= 15 is 0 Å². The summed E-state index contributed by atoms with van der Waals surface area (Å²) in [5.74, 6) is 1.49. The van der Waals surface area contributed by atoms with Crippen molar-refractivity contribution in [3.05, 3.63) is 34.3 Å². The number of guanidine groups is 1.